The second-order valence-corrected chi connectivity index (χ2v) is 13.5. The van der Waals surface area contributed by atoms with Gasteiger partial charge in [-0.3, -0.25) is 14.4 Å². The average Bonchev–Trinajstić information content (AvgIpc) is 3.35. The molecule has 1 aromatic carbocycles. The number of nitrogens with one attached hydrogen (secondary N) is 2. The zero-order chi connectivity index (χ0) is 32.6. The van der Waals surface area contributed by atoms with E-state index < -0.39 is 0 Å². The summed E-state index contributed by atoms with van der Waals surface area (Å²) < 4.78 is 2.25. The number of piperazine rings is 1. The van der Waals surface area contributed by atoms with E-state index in [2.05, 4.69) is 51.9 Å². The summed E-state index contributed by atoms with van der Waals surface area (Å²) in [7, 11) is 0. The van der Waals surface area contributed by atoms with E-state index in [9.17, 15) is 14.4 Å². The first-order chi connectivity index (χ1) is 21.3. The molecule has 0 radical (unpaired) electrons. The molecular weight excluding hydrogens is 564 g/mol. The minimum Gasteiger partial charge on any atom is -0.353 e. The van der Waals surface area contributed by atoms with Crippen LogP contribution >= 0.6 is 0 Å². The molecule has 0 spiro atoms. The van der Waals surface area contributed by atoms with Crippen LogP contribution in [0.3, 0.4) is 0 Å². The number of hydrogen-bond acceptors (Lipinski definition) is 5. The lowest BCUT2D eigenvalue weighted by atomic mass is 9.94. The maximum atomic E-state index is 13.8. The standard InChI is InChI=1S/C36H46N6O3/c1-9-25(5)42-21-23(3)32-28(33(43)38-20-29-22(2)16-24(4)39-34(29)44)17-27(18-30(32)42)26-10-11-31(37-19-26)40-12-14-41(15-13-40)35(45)36(6,7)8/h10-11,16-19,21,25H,9,12-15,20H2,1-8H3,(H,38,43)(H,39,44)/t25-/m0/s1. The Balaban J connectivity index is 1.45. The molecular formula is C36H46N6O3. The number of pyridine rings is 2. The van der Waals surface area contributed by atoms with Gasteiger partial charge in [0.15, 0.2) is 0 Å². The largest absolute Gasteiger partial charge is 0.353 e. The molecule has 1 aliphatic heterocycles. The SMILES string of the molecule is CC[C@H](C)n1cc(C)c2c(C(=O)NCc3c(C)cc(C)[nH]c3=O)cc(-c3ccc(N4CCN(C(=O)C(C)(C)C)CC4)nc3)cc21. The molecule has 3 aromatic heterocycles. The minimum atomic E-state index is -0.385. The predicted molar refractivity (Wildman–Crippen MR) is 181 cm³/mol. The Morgan fingerprint density at radius 1 is 1.00 bits per heavy atom. The van der Waals surface area contributed by atoms with Crippen molar-refractivity contribution in [3.05, 3.63) is 81.0 Å². The van der Waals surface area contributed by atoms with Crippen LogP contribution in [0, 0.1) is 26.2 Å². The van der Waals surface area contributed by atoms with Gasteiger partial charge in [0.1, 0.15) is 5.82 Å². The molecule has 45 heavy (non-hydrogen) atoms. The molecule has 2 N–H and O–H groups in total. The monoisotopic (exact) mass is 610 g/mol. The summed E-state index contributed by atoms with van der Waals surface area (Å²) in [4.78, 5) is 51.0. The molecule has 1 saturated heterocycles. The third-order valence-corrected chi connectivity index (χ3v) is 8.97. The third kappa shape index (κ3) is 6.53. The molecule has 0 saturated carbocycles. The first-order valence-electron chi connectivity index (χ1n) is 15.9. The van der Waals surface area contributed by atoms with Gasteiger partial charge in [-0.05, 0) is 81.1 Å². The molecule has 5 rings (SSSR count). The zero-order valence-electron chi connectivity index (χ0n) is 27.9. The lowest BCUT2D eigenvalue weighted by Gasteiger charge is -2.38. The van der Waals surface area contributed by atoms with E-state index in [4.69, 9.17) is 4.98 Å². The second kappa shape index (κ2) is 12.5. The fourth-order valence-electron chi connectivity index (χ4n) is 6.22. The Labute approximate surface area is 265 Å². The van der Waals surface area contributed by atoms with Crippen molar-refractivity contribution in [2.24, 2.45) is 5.41 Å². The molecule has 0 bridgehead atoms. The number of aromatic nitrogens is 3. The van der Waals surface area contributed by atoms with E-state index in [1.165, 1.54) is 0 Å². The Hall–Kier alpha value is -4.40. The van der Waals surface area contributed by atoms with Crippen LogP contribution in [0.2, 0.25) is 0 Å². The molecule has 1 aliphatic rings. The second-order valence-electron chi connectivity index (χ2n) is 13.5. The molecule has 1 atom stereocenters. The Kier molecular flexibility index (Phi) is 8.92. The summed E-state index contributed by atoms with van der Waals surface area (Å²) in [6.45, 7) is 19.0. The molecule has 4 heterocycles. The van der Waals surface area contributed by atoms with E-state index >= 15 is 0 Å². The highest BCUT2D eigenvalue weighted by Gasteiger charge is 2.30. The topological polar surface area (TPSA) is 103 Å². The molecule has 0 aliphatic carbocycles. The molecule has 0 unspecified atom stereocenters. The van der Waals surface area contributed by atoms with Crippen molar-refractivity contribution in [1.29, 1.82) is 0 Å². The van der Waals surface area contributed by atoms with Crippen molar-refractivity contribution < 1.29 is 9.59 Å². The molecule has 9 heteroatoms. The van der Waals surface area contributed by atoms with Gasteiger partial charge in [0, 0.05) is 89.9 Å². The van der Waals surface area contributed by atoms with Gasteiger partial charge in [-0.1, -0.05) is 27.7 Å². The number of nitrogens with zero attached hydrogens (tertiary/aromatic N) is 4. The number of amides is 2. The van der Waals surface area contributed by atoms with E-state index in [1.54, 1.807) is 0 Å². The highest BCUT2D eigenvalue weighted by Crippen LogP contribution is 2.34. The van der Waals surface area contributed by atoms with Crippen molar-refractivity contribution >= 4 is 28.5 Å². The Bertz CT molecular complexity index is 1790. The predicted octanol–water partition coefficient (Wildman–Crippen LogP) is 5.91. The molecule has 238 valence electrons. The maximum absolute atomic E-state index is 13.8. The van der Waals surface area contributed by atoms with E-state index in [0.717, 1.165) is 64.2 Å². The number of H-pyrrole nitrogens is 1. The Morgan fingerprint density at radius 2 is 1.71 bits per heavy atom. The first-order valence-corrected chi connectivity index (χ1v) is 15.9. The fraction of sp³-hybridized carbons (Fsp3) is 0.444. The number of carbonyl (C=O) groups is 2. The maximum Gasteiger partial charge on any atom is 0.253 e. The van der Waals surface area contributed by atoms with Crippen LogP contribution in [0.4, 0.5) is 5.82 Å². The molecule has 2 amide bonds. The number of hydrogen-bond donors (Lipinski definition) is 2. The summed E-state index contributed by atoms with van der Waals surface area (Å²) >= 11 is 0. The van der Waals surface area contributed by atoms with Crippen molar-refractivity contribution in [3.63, 3.8) is 0 Å². The van der Waals surface area contributed by atoms with Gasteiger partial charge in [0.2, 0.25) is 5.91 Å². The first kappa shape index (κ1) is 32.0. The van der Waals surface area contributed by atoms with Gasteiger partial charge in [-0.25, -0.2) is 4.98 Å². The van der Waals surface area contributed by atoms with Gasteiger partial charge in [-0.15, -0.1) is 0 Å². The van der Waals surface area contributed by atoms with Gasteiger partial charge in [0.25, 0.3) is 11.5 Å². The van der Waals surface area contributed by atoms with E-state index in [1.807, 2.05) is 70.8 Å². The van der Waals surface area contributed by atoms with Crippen molar-refractivity contribution in [2.45, 2.75) is 74.4 Å². The number of carbonyl (C=O) groups excluding carboxylic acids is 2. The van der Waals surface area contributed by atoms with Gasteiger partial charge >= 0.3 is 0 Å². The van der Waals surface area contributed by atoms with Crippen molar-refractivity contribution in [3.8, 4) is 11.1 Å². The van der Waals surface area contributed by atoms with Crippen molar-refractivity contribution in [2.75, 3.05) is 31.1 Å². The Morgan fingerprint density at radius 3 is 2.31 bits per heavy atom. The van der Waals surface area contributed by atoms with Gasteiger partial charge in [-0.2, -0.15) is 0 Å². The molecule has 4 aromatic rings. The fourth-order valence-corrected chi connectivity index (χ4v) is 6.22. The van der Waals surface area contributed by atoms with Crippen LogP contribution in [-0.2, 0) is 11.3 Å². The smallest absolute Gasteiger partial charge is 0.253 e. The van der Waals surface area contributed by atoms with Gasteiger partial charge in [0.05, 0.1) is 0 Å². The summed E-state index contributed by atoms with van der Waals surface area (Å²) in [6.07, 6.45) is 4.94. The third-order valence-electron chi connectivity index (χ3n) is 8.97. The number of anilines is 1. The lowest BCUT2D eigenvalue weighted by Crippen LogP contribution is -2.51. The van der Waals surface area contributed by atoms with Crippen LogP contribution < -0.4 is 15.8 Å². The number of rotatable bonds is 7. The minimum absolute atomic E-state index is 0.141. The summed E-state index contributed by atoms with van der Waals surface area (Å²) in [6, 6.07) is 10.3. The number of benzene rings is 1. The van der Waals surface area contributed by atoms with E-state index in [-0.39, 0.29) is 35.4 Å². The number of aryl methyl sites for hydroxylation is 3. The lowest BCUT2D eigenvalue weighted by molar-refractivity contribution is -0.139. The summed E-state index contributed by atoms with van der Waals surface area (Å²) in [5, 5.41) is 3.94. The van der Waals surface area contributed by atoms with Gasteiger partial charge < -0.3 is 24.7 Å². The highest BCUT2D eigenvalue weighted by atomic mass is 16.2. The van der Waals surface area contributed by atoms with Crippen molar-refractivity contribution in [1.82, 2.24) is 24.8 Å². The summed E-state index contributed by atoms with van der Waals surface area (Å²) in [5.74, 6) is 0.829. The number of aromatic amines is 1. The van der Waals surface area contributed by atoms with Crippen LogP contribution in [0.25, 0.3) is 22.0 Å². The molecule has 9 nitrogen and oxygen atoms in total. The quantitative estimate of drug-likeness (QED) is 0.271. The van der Waals surface area contributed by atoms with Crippen LogP contribution in [-0.4, -0.2) is 57.4 Å². The average molecular weight is 611 g/mol. The zero-order valence-corrected chi connectivity index (χ0v) is 27.9. The highest BCUT2D eigenvalue weighted by molar-refractivity contribution is 6.09. The molecule has 1 fully saturated rings. The van der Waals surface area contributed by atoms with Crippen LogP contribution in [0.1, 0.15) is 79.8 Å². The van der Waals surface area contributed by atoms with E-state index in [0.29, 0.717) is 24.2 Å². The summed E-state index contributed by atoms with van der Waals surface area (Å²) in [5.41, 5.74) is 6.05. The van der Waals surface area contributed by atoms with Crippen LogP contribution in [0.15, 0.2) is 47.5 Å². The normalized spacial score (nSPS) is 14.6. The van der Waals surface area contributed by atoms with Crippen LogP contribution in [0.5, 0.6) is 0 Å². The number of fused-ring (bicyclic) bond motifs is 1.